The Labute approximate surface area is 96.2 Å². The molecule has 5 heteroatoms. The number of anilines is 1. The molecular weight excluding hydrogens is 202 g/mol. The molecule has 0 bridgehead atoms. The van der Waals surface area contributed by atoms with Gasteiger partial charge in [0.25, 0.3) is 0 Å². The largest absolute Gasteiger partial charge is 0.388 e. The van der Waals surface area contributed by atoms with Crippen molar-refractivity contribution in [2.24, 2.45) is 11.7 Å². The van der Waals surface area contributed by atoms with Gasteiger partial charge >= 0.3 is 0 Å². The van der Waals surface area contributed by atoms with Crippen molar-refractivity contribution in [3.63, 3.8) is 0 Å². The van der Waals surface area contributed by atoms with E-state index in [1.54, 1.807) is 6.20 Å². The van der Waals surface area contributed by atoms with E-state index in [1.165, 1.54) is 0 Å². The highest BCUT2D eigenvalue weighted by Gasteiger charge is 2.10. The molecule has 1 rings (SSSR count). The fraction of sp³-hybridized carbons (Fsp3) is 0.545. The number of rotatable bonds is 6. The second kappa shape index (κ2) is 6.05. The van der Waals surface area contributed by atoms with Crippen molar-refractivity contribution in [1.29, 1.82) is 5.41 Å². The van der Waals surface area contributed by atoms with Crippen molar-refractivity contribution in [1.82, 2.24) is 10.2 Å². The van der Waals surface area contributed by atoms with E-state index in [4.69, 9.17) is 11.1 Å². The van der Waals surface area contributed by atoms with E-state index < -0.39 is 0 Å². The molecule has 0 aliphatic heterocycles. The molecule has 0 spiro atoms. The summed E-state index contributed by atoms with van der Waals surface area (Å²) in [6.45, 7) is 5.91. The Morgan fingerprint density at radius 2 is 2.31 bits per heavy atom. The van der Waals surface area contributed by atoms with Crippen LogP contribution in [0, 0.1) is 11.3 Å². The fourth-order valence-electron chi connectivity index (χ4n) is 1.46. The highest BCUT2D eigenvalue weighted by Crippen LogP contribution is 2.11. The molecule has 1 aromatic rings. The molecule has 3 N–H and O–H groups in total. The molecule has 88 valence electrons. The average molecular weight is 221 g/mol. The van der Waals surface area contributed by atoms with Gasteiger partial charge < -0.3 is 10.6 Å². The highest BCUT2D eigenvalue weighted by molar-refractivity contribution is 5.77. The first kappa shape index (κ1) is 12.4. The number of aromatic nitrogens is 2. The van der Waals surface area contributed by atoms with E-state index in [9.17, 15) is 0 Å². The number of hydrogen-bond donors (Lipinski definition) is 2. The fourth-order valence-corrected chi connectivity index (χ4v) is 1.46. The van der Waals surface area contributed by atoms with Crippen molar-refractivity contribution >= 4 is 11.7 Å². The lowest BCUT2D eigenvalue weighted by Crippen LogP contribution is -2.32. The lowest BCUT2D eigenvalue weighted by atomic mass is 10.2. The van der Waals surface area contributed by atoms with Crippen LogP contribution < -0.4 is 10.6 Å². The molecule has 0 saturated heterocycles. The summed E-state index contributed by atoms with van der Waals surface area (Å²) in [6.07, 6.45) is 2.21. The molecule has 16 heavy (non-hydrogen) atoms. The SMILES string of the molecule is CC(C)CN(CCC(=N)N)c1cccnn1. The van der Waals surface area contributed by atoms with Gasteiger partial charge in [0.2, 0.25) is 0 Å². The lowest BCUT2D eigenvalue weighted by Gasteiger charge is -2.24. The van der Waals surface area contributed by atoms with Crippen LogP contribution in [0.5, 0.6) is 0 Å². The second-order valence-electron chi connectivity index (χ2n) is 4.20. The molecule has 1 heterocycles. The first-order valence-electron chi connectivity index (χ1n) is 5.45. The van der Waals surface area contributed by atoms with E-state index >= 15 is 0 Å². The first-order chi connectivity index (χ1) is 7.59. The van der Waals surface area contributed by atoms with Crippen molar-refractivity contribution in [2.45, 2.75) is 20.3 Å². The Morgan fingerprint density at radius 3 is 2.81 bits per heavy atom. The summed E-state index contributed by atoms with van der Waals surface area (Å²) < 4.78 is 0. The van der Waals surface area contributed by atoms with Gasteiger partial charge in [-0.1, -0.05) is 13.8 Å². The van der Waals surface area contributed by atoms with Crippen molar-refractivity contribution < 1.29 is 0 Å². The average Bonchev–Trinajstić information content (AvgIpc) is 2.25. The number of nitrogens with two attached hydrogens (primary N) is 1. The molecule has 0 amide bonds. The van der Waals surface area contributed by atoms with E-state index in [1.807, 2.05) is 12.1 Å². The third-order valence-electron chi connectivity index (χ3n) is 2.12. The molecule has 0 aliphatic rings. The summed E-state index contributed by atoms with van der Waals surface area (Å²) in [5, 5.41) is 15.2. The quantitative estimate of drug-likeness (QED) is 0.560. The van der Waals surface area contributed by atoms with Gasteiger partial charge in [0.05, 0.1) is 5.84 Å². The minimum absolute atomic E-state index is 0.206. The van der Waals surface area contributed by atoms with Gasteiger partial charge in [0, 0.05) is 25.7 Å². The number of nitrogens with one attached hydrogen (secondary N) is 1. The molecule has 0 aliphatic carbocycles. The summed E-state index contributed by atoms with van der Waals surface area (Å²) in [5.74, 6) is 1.59. The molecular formula is C11H19N5. The third kappa shape index (κ3) is 4.25. The van der Waals surface area contributed by atoms with Crippen LogP contribution in [0.3, 0.4) is 0 Å². The minimum Gasteiger partial charge on any atom is -0.388 e. The summed E-state index contributed by atoms with van der Waals surface area (Å²) >= 11 is 0. The molecule has 0 aromatic carbocycles. The molecule has 0 fully saturated rings. The molecule has 0 atom stereocenters. The monoisotopic (exact) mass is 221 g/mol. The van der Waals surface area contributed by atoms with Crippen LogP contribution in [-0.2, 0) is 0 Å². The maximum atomic E-state index is 7.25. The van der Waals surface area contributed by atoms with Gasteiger partial charge in [-0.15, -0.1) is 5.10 Å². The first-order valence-corrected chi connectivity index (χ1v) is 5.45. The van der Waals surface area contributed by atoms with Gasteiger partial charge in [-0.3, -0.25) is 5.41 Å². The summed E-state index contributed by atoms with van der Waals surface area (Å²) in [6, 6.07) is 3.79. The molecule has 0 unspecified atom stereocenters. The number of nitrogens with zero attached hydrogens (tertiary/aromatic N) is 3. The maximum Gasteiger partial charge on any atom is 0.151 e. The Hall–Kier alpha value is -1.65. The normalized spacial score (nSPS) is 10.4. The van der Waals surface area contributed by atoms with E-state index in [2.05, 4.69) is 28.9 Å². The van der Waals surface area contributed by atoms with E-state index in [0.29, 0.717) is 18.9 Å². The standard InChI is InChI=1S/C11H19N5/c1-9(2)8-16(7-5-10(12)13)11-4-3-6-14-15-11/h3-4,6,9H,5,7-8H2,1-2H3,(H3,12,13). The minimum atomic E-state index is 0.206. The Bertz CT molecular complexity index is 322. The maximum absolute atomic E-state index is 7.25. The van der Waals surface area contributed by atoms with Crippen molar-refractivity contribution in [2.75, 3.05) is 18.0 Å². The van der Waals surface area contributed by atoms with Crippen molar-refractivity contribution in [3.8, 4) is 0 Å². The number of hydrogen-bond acceptors (Lipinski definition) is 4. The van der Waals surface area contributed by atoms with Gasteiger partial charge in [0.15, 0.2) is 5.82 Å². The molecule has 0 saturated carbocycles. The zero-order chi connectivity index (χ0) is 12.0. The van der Waals surface area contributed by atoms with E-state index in [-0.39, 0.29) is 5.84 Å². The van der Waals surface area contributed by atoms with Crippen LogP contribution in [-0.4, -0.2) is 29.1 Å². The Balaban J connectivity index is 2.67. The predicted molar refractivity (Wildman–Crippen MR) is 65.6 cm³/mol. The Kier molecular flexibility index (Phi) is 4.69. The summed E-state index contributed by atoms with van der Waals surface area (Å²) in [5.41, 5.74) is 5.37. The van der Waals surface area contributed by atoms with E-state index in [0.717, 1.165) is 12.4 Å². The molecule has 0 radical (unpaired) electrons. The van der Waals surface area contributed by atoms with Gasteiger partial charge in [-0.05, 0) is 18.1 Å². The second-order valence-corrected chi connectivity index (χ2v) is 4.20. The molecule has 1 aromatic heterocycles. The predicted octanol–water partition coefficient (Wildman–Crippen LogP) is 1.27. The van der Waals surface area contributed by atoms with Gasteiger partial charge in [-0.25, -0.2) is 0 Å². The van der Waals surface area contributed by atoms with Gasteiger partial charge in [0.1, 0.15) is 0 Å². The number of amidine groups is 1. The zero-order valence-electron chi connectivity index (χ0n) is 9.85. The van der Waals surface area contributed by atoms with Crippen molar-refractivity contribution in [3.05, 3.63) is 18.3 Å². The Morgan fingerprint density at radius 1 is 1.56 bits per heavy atom. The van der Waals surface area contributed by atoms with Crippen LogP contribution in [0.25, 0.3) is 0 Å². The lowest BCUT2D eigenvalue weighted by molar-refractivity contribution is 0.606. The molecule has 5 nitrogen and oxygen atoms in total. The van der Waals surface area contributed by atoms with Crippen LogP contribution >= 0.6 is 0 Å². The zero-order valence-corrected chi connectivity index (χ0v) is 9.85. The van der Waals surface area contributed by atoms with Crippen LogP contribution in [0.2, 0.25) is 0 Å². The summed E-state index contributed by atoms with van der Waals surface area (Å²) in [7, 11) is 0. The van der Waals surface area contributed by atoms with Crippen LogP contribution in [0.4, 0.5) is 5.82 Å². The van der Waals surface area contributed by atoms with Crippen LogP contribution in [0.1, 0.15) is 20.3 Å². The third-order valence-corrected chi connectivity index (χ3v) is 2.12. The van der Waals surface area contributed by atoms with Crippen LogP contribution in [0.15, 0.2) is 18.3 Å². The highest BCUT2D eigenvalue weighted by atomic mass is 15.3. The topological polar surface area (TPSA) is 78.9 Å². The smallest absolute Gasteiger partial charge is 0.151 e. The summed E-state index contributed by atoms with van der Waals surface area (Å²) in [4.78, 5) is 2.11. The van der Waals surface area contributed by atoms with Gasteiger partial charge in [-0.2, -0.15) is 5.10 Å².